The maximum Gasteiger partial charge on any atom is 0.224 e. The van der Waals surface area contributed by atoms with Gasteiger partial charge in [-0.1, -0.05) is 5.16 Å². The topological polar surface area (TPSA) is 78.4 Å². The van der Waals surface area contributed by atoms with Crippen molar-refractivity contribution in [2.45, 2.75) is 30.6 Å². The van der Waals surface area contributed by atoms with Gasteiger partial charge >= 0.3 is 0 Å². The lowest BCUT2D eigenvalue weighted by atomic mass is 10.0. The van der Waals surface area contributed by atoms with Crippen molar-refractivity contribution in [3.63, 3.8) is 0 Å². The van der Waals surface area contributed by atoms with Crippen LogP contribution >= 0.6 is 12.0 Å². The number of fused-ring (bicyclic) bond motifs is 1. The number of nitrogens with zero attached hydrogens (tertiary/aromatic N) is 1. The smallest absolute Gasteiger partial charge is 0.224 e. The molecule has 2 aromatic rings. The number of unbranched alkanes of at least 4 members (excludes halogenated alkanes) is 1. The van der Waals surface area contributed by atoms with Crippen molar-refractivity contribution in [3.05, 3.63) is 42.0 Å². The van der Waals surface area contributed by atoms with Gasteiger partial charge in [0.1, 0.15) is 17.8 Å². The van der Waals surface area contributed by atoms with E-state index in [0.29, 0.717) is 24.5 Å². The fourth-order valence-corrected chi connectivity index (χ4v) is 3.30. The number of rotatable bonds is 10. The number of benzene rings is 2. The Labute approximate surface area is 174 Å². The van der Waals surface area contributed by atoms with Gasteiger partial charge in [-0.05, 0) is 55.2 Å². The highest BCUT2D eigenvalue weighted by molar-refractivity contribution is 7.94. The first-order valence-electron chi connectivity index (χ1n) is 9.32. The predicted molar refractivity (Wildman–Crippen MR) is 113 cm³/mol. The molecule has 0 saturated carbocycles. The number of nitrogens with one attached hydrogen (secondary N) is 1. The van der Waals surface area contributed by atoms with Crippen molar-refractivity contribution >= 4 is 29.9 Å². The van der Waals surface area contributed by atoms with E-state index in [2.05, 4.69) is 10.5 Å². The third kappa shape index (κ3) is 6.05. The highest BCUT2D eigenvalue weighted by Gasteiger charge is 2.14. The summed E-state index contributed by atoms with van der Waals surface area (Å²) in [5.41, 5.74) is 1.99. The molecular formula is C21H24N2O5S. The Hall–Kier alpha value is -2.87. The second kappa shape index (κ2) is 10.6. The number of oxime groups is 1. The van der Waals surface area contributed by atoms with Gasteiger partial charge in [0.15, 0.2) is 11.5 Å². The van der Waals surface area contributed by atoms with E-state index in [1.54, 1.807) is 20.4 Å². The zero-order chi connectivity index (χ0) is 20.5. The van der Waals surface area contributed by atoms with Crippen LogP contribution in [0.5, 0.6) is 17.2 Å². The maximum absolute atomic E-state index is 11.4. The number of carbonyl (C=O) groups excluding carboxylic acids is 1. The normalized spacial score (nSPS) is 13.0. The van der Waals surface area contributed by atoms with Gasteiger partial charge in [-0.3, -0.25) is 4.79 Å². The first-order chi connectivity index (χ1) is 14.2. The number of ether oxygens (including phenoxy) is 3. The molecule has 0 radical (unpaired) electrons. The van der Waals surface area contributed by atoms with Gasteiger partial charge in [0.05, 0.1) is 25.7 Å². The summed E-state index contributed by atoms with van der Waals surface area (Å²) in [6, 6.07) is 11.3. The summed E-state index contributed by atoms with van der Waals surface area (Å²) in [6.45, 7) is 0.583. The quantitative estimate of drug-likeness (QED) is 0.267. The van der Waals surface area contributed by atoms with E-state index in [4.69, 9.17) is 18.5 Å². The van der Waals surface area contributed by atoms with Crippen molar-refractivity contribution in [2.24, 2.45) is 5.16 Å². The molecule has 2 aromatic carbocycles. The molecule has 0 aromatic heterocycles. The second-order valence-corrected chi connectivity index (χ2v) is 7.11. The monoisotopic (exact) mass is 416 g/mol. The van der Waals surface area contributed by atoms with E-state index >= 15 is 0 Å². The number of methoxy groups -OCH3 is 2. The van der Waals surface area contributed by atoms with Crippen LogP contribution in [0.3, 0.4) is 0 Å². The summed E-state index contributed by atoms with van der Waals surface area (Å²) in [6.07, 6.45) is 4.56. The van der Waals surface area contributed by atoms with Crippen LogP contribution in [-0.2, 0) is 15.5 Å². The van der Waals surface area contributed by atoms with Gasteiger partial charge in [-0.15, -0.1) is 0 Å². The van der Waals surface area contributed by atoms with Crippen LogP contribution in [0, 0.1) is 0 Å². The van der Waals surface area contributed by atoms with Crippen molar-refractivity contribution in [1.29, 1.82) is 0 Å². The fourth-order valence-electron chi connectivity index (χ4n) is 2.83. The Morgan fingerprint density at radius 1 is 1.10 bits per heavy atom. The minimum Gasteiger partial charge on any atom is -0.494 e. The molecule has 0 atom stereocenters. The van der Waals surface area contributed by atoms with Gasteiger partial charge in [0.2, 0.25) is 5.91 Å². The van der Waals surface area contributed by atoms with Crippen LogP contribution in [0.2, 0.25) is 0 Å². The van der Waals surface area contributed by atoms with Crippen LogP contribution in [0.15, 0.2) is 46.4 Å². The number of hydrogen-bond donors (Lipinski definition) is 1. The summed E-state index contributed by atoms with van der Waals surface area (Å²) in [4.78, 5) is 12.3. The van der Waals surface area contributed by atoms with Crippen LogP contribution in [0.25, 0.3) is 0 Å². The fraction of sp³-hybridized carbons (Fsp3) is 0.333. The molecule has 1 aliphatic heterocycles. The summed E-state index contributed by atoms with van der Waals surface area (Å²) < 4.78 is 21.5. The lowest BCUT2D eigenvalue weighted by molar-refractivity contribution is -0.116. The zero-order valence-electron chi connectivity index (χ0n) is 16.5. The van der Waals surface area contributed by atoms with Crippen molar-refractivity contribution < 1.29 is 23.3 Å². The summed E-state index contributed by atoms with van der Waals surface area (Å²) in [5, 5.41) is 6.81. The molecule has 1 aliphatic rings. The Bertz CT molecular complexity index is 872. The molecule has 0 saturated heterocycles. The molecule has 154 valence electrons. The molecule has 0 spiro atoms. The molecular weight excluding hydrogens is 392 g/mol. The molecule has 0 aliphatic carbocycles. The van der Waals surface area contributed by atoms with Crippen LogP contribution in [0.4, 0.5) is 5.69 Å². The number of anilines is 1. The molecule has 0 fully saturated rings. The molecule has 0 unspecified atom stereocenters. The van der Waals surface area contributed by atoms with Crippen LogP contribution in [0.1, 0.15) is 24.8 Å². The van der Waals surface area contributed by atoms with Crippen molar-refractivity contribution in [1.82, 2.24) is 0 Å². The summed E-state index contributed by atoms with van der Waals surface area (Å²) >= 11 is 1.15. The Morgan fingerprint density at radius 3 is 2.79 bits per heavy atom. The van der Waals surface area contributed by atoms with E-state index < -0.39 is 0 Å². The summed E-state index contributed by atoms with van der Waals surface area (Å²) in [7, 11) is 3.19. The van der Waals surface area contributed by atoms with Gasteiger partial charge in [-0.25, -0.2) is 0 Å². The van der Waals surface area contributed by atoms with Crippen molar-refractivity contribution in [3.8, 4) is 17.2 Å². The molecule has 1 heterocycles. The minimum absolute atomic E-state index is 0.0666. The van der Waals surface area contributed by atoms with E-state index in [0.717, 1.165) is 53.2 Å². The van der Waals surface area contributed by atoms with E-state index in [1.165, 1.54) is 0 Å². The molecule has 3 rings (SSSR count). The Balaban J connectivity index is 1.34. The first kappa shape index (κ1) is 20.9. The van der Waals surface area contributed by atoms with Crippen molar-refractivity contribution in [2.75, 3.05) is 26.1 Å². The zero-order valence-corrected chi connectivity index (χ0v) is 17.3. The number of amides is 1. The predicted octanol–water partition coefficient (Wildman–Crippen LogP) is 4.46. The molecule has 29 heavy (non-hydrogen) atoms. The van der Waals surface area contributed by atoms with Gasteiger partial charge in [0.25, 0.3) is 0 Å². The highest BCUT2D eigenvalue weighted by atomic mass is 32.2. The third-order valence-corrected chi connectivity index (χ3v) is 4.93. The molecule has 7 nitrogen and oxygen atoms in total. The lowest BCUT2D eigenvalue weighted by Crippen LogP contribution is -2.18. The second-order valence-electron chi connectivity index (χ2n) is 6.32. The third-order valence-electron chi connectivity index (χ3n) is 4.32. The van der Waals surface area contributed by atoms with Crippen LogP contribution < -0.4 is 19.5 Å². The van der Waals surface area contributed by atoms with Gasteiger partial charge in [0, 0.05) is 24.4 Å². The molecule has 1 amide bonds. The largest absolute Gasteiger partial charge is 0.494 e. The van der Waals surface area contributed by atoms with E-state index in [1.807, 2.05) is 36.4 Å². The van der Waals surface area contributed by atoms with Gasteiger partial charge < -0.3 is 23.8 Å². The summed E-state index contributed by atoms with van der Waals surface area (Å²) in [5.74, 6) is 2.20. The van der Waals surface area contributed by atoms with Crippen LogP contribution in [-0.4, -0.2) is 32.9 Å². The Kier molecular flexibility index (Phi) is 7.63. The lowest BCUT2D eigenvalue weighted by Gasteiger charge is -2.17. The minimum atomic E-state index is 0.0666. The average molecular weight is 416 g/mol. The van der Waals surface area contributed by atoms with E-state index in [-0.39, 0.29) is 5.91 Å². The average Bonchev–Trinajstić information content (AvgIpc) is 2.75. The van der Waals surface area contributed by atoms with Gasteiger partial charge in [-0.2, -0.15) is 0 Å². The molecule has 1 N–H and O–H groups in total. The Morgan fingerprint density at radius 2 is 1.97 bits per heavy atom. The molecule has 0 bridgehead atoms. The first-order valence-corrected chi connectivity index (χ1v) is 10.1. The highest BCUT2D eigenvalue weighted by Crippen LogP contribution is 2.32. The maximum atomic E-state index is 11.4. The molecule has 8 heteroatoms. The number of carbonyl (C=O) groups is 1. The van der Waals surface area contributed by atoms with E-state index in [9.17, 15) is 4.79 Å². The standard InChI is InChI=1S/C21H24N2O5S/c1-25-19-9-7-17(14-20(19)26-2)29-28-22-11-3-4-12-27-16-6-8-18-15(13-16)5-10-21(24)23-18/h6-9,11,13-14H,3-5,10,12H2,1-2H3,(H,23,24). The number of aryl methyl sites for hydroxylation is 1. The SMILES string of the molecule is COc1ccc(SON=CCCCOc2ccc3c(c2)CCC(=O)N3)cc1OC. The number of hydrogen-bond acceptors (Lipinski definition) is 7.